The first-order valence-corrected chi connectivity index (χ1v) is 52.6. The molecule has 1 fully saturated rings. The van der Waals surface area contributed by atoms with E-state index < -0.39 is 35.8 Å². The summed E-state index contributed by atoms with van der Waals surface area (Å²) < 4.78 is 20.9. The van der Waals surface area contributed by atoms with Crippen LogP contribution in [0.1, 0.15) is 266 Å². The summed E-state index contributed by atoms with van der Waals surface area (Å²) in [6.45, 7) is 22.6. The van der Waals surface area contributed by atoms with Crippen molar-refractivity contribution < 1.29 is 67.7 Å². The Morgan fingerprint density at radius 2 is 0.747 bits per heavy atom. The van der Waals surface area contributed by atoms with Crippen LogP contribution in [0.2, 0.25) is 0 Å². The van der Waals surface area contributed by atoms with Gasteiger partial charge in [-0.25, -0.2) is 23.4 Å². The molecule has 150 heavy (non-hydrogen) atoms. The lowest BCUT2D eigenvalue weighted by atomic mass is 9.93. The van der Waals surface area contributed by atoms with Gasteiger partial charge in [-0.1, -0.05) is 207 Å². The highest BCUT2D eigenvalue weighted by Gasteiger charge is 2.39. The minimum absolute atomic E-state index is 0.0219. The van der Waals surface area contributed by atoms with Gasteiger partial charge in [-0.2, -0.15) is 15.3 Å². The summed E-state index contributed by atoms with van der Waals surface area (Å²) in [6, 6.07) is 64.1. The summed E-state index contributed by atoms with van der Waals surface area (Å²) >= 11 is 0. The molecule has 4 atom stereocenters. The van der Waals surface area contributed by atoms with Crippen molar-refractivity contribution in [2.75, 3.05) is 88.1 Å². The van der Waals surface area contributed by atoms with Crippen LogP contribution in [0.5, 0.6) is 0 Å². The first-order chi connectivity index (χ1) is 72.7. The van der Waals surface area contributed by atoms with Crippen LogP contribution in [0, 0.1) is 26.6 Å². The number of carbonyl (C=O) groups is 10. The monoisotopic (exact) mass is 2030 g/mol. The number of rotatable bonds is 39. The fourth-order valence-corrected chi connectivity index (χ4v) is 19.8. The van der Waals surface area contributed by atoms with Gasteiger partial charge in [0, 0.05) is 124 Å². The number of aromatic nitrogens is 8. The maximum atomic E-state index is 14.6. The van der Waals surface area contributed by atoms with Crippen LogP contribution >= 0.6 is 0 Å². The zero-order valence-electron chi connectivity index (χ0n) is 87.2. The number of aliphatic hydroxyl groups is 3. The number of fused-ring (bicyclic) bond motifs is 4. The van der Waals surface area contributed by atoms with Crippen LogP contribution in [-0.4, -0.2) is 238 Å². The van der Waals surface area contributed by atoms with Crippen LogP contribution in [-0.2, 0) is 59.7 Å². The van der Waals surface area contributed by atoms with Crippen molar-refractivity contribution in [3.63, 3.8) is 0 Å². The van der Waals surface area contributed by atoms with E-state index in [0.29, 0.717) is 165 Å². The third-order valence-corrected chi connectivity index (χ3v) is 28.3. The molecule has 17 rings (SSSR count). The second kappa shape index (κ2) is 51.5. The van der Waals surface area contributed by atoms with Gasteiger partial charge in [-0.15, -0.1) is 0 Å². The van der Waals surface area contributed by atoms with Gasteiger partial charge in [0.2, 0.25) is 17.7 Å². The smallest absolute Gasteiger partial charge is 0.275 e. The number of aryl methyl sites for hydroxylation is 3. The summed E-state index contributed by atoms with van der Waals surface area (Å²) in [5, 5.41) is 54.0. The summed E-state index contributed by atoms with van der Waals surface area (Å²) in [6.07, 6.45) is 16.4. The number of aliphatic hydroxyl groups excluding tert-OH is 3. The minimum atomic E-state index is -0.471. The number of unbranched alkanes of at least 4 members (excludes halogenated alkanes) is 6. The van der Waals surface area contributed by atoms with Gasteiger partial charge in [0.05, 0.1) is 84.7 Å². The Kier molecular flexibility index (Phi) is 37.3. The van der Waals surface area contributed by atoms with Crippen LogP contribution in [0.3, 0.4) is 0 Å². The van der Waals surface area contributed by atoms with Gasteiger partial charge in [-0.05, 0) is 214 Å². The van der Waals surface area contributed by atoms with Crippen LogP contribution in [0.25, 0.3) is 22.7 Å². The number of nitrogens with zero attached hydrogens (tertiary/aromatic N) is 15. The van der Waals surface area contributed by atoms with Crippen molar-refractivity contribution in [1.82, 2.24) is 73.0 Å². The predicted octanol–water partition coefficient (Wildman–Crippen LogP) is 17.5. The van der Waals surface area contributed by atoms with Crippen molar-refractivity contribution in [2.45, 2.75) is 215 Å². The molecule has 13 aromatic rings. The molecule has 8 aromatic carbocycles. The van der Waals surface area contributed by atoms with E-state index in [1.54, 1.807) is 135 Å². The van der Waals surface area contributed by atoms with Gasteiger partial charge >= 0.3 is 0 Å². The number of carbonyl (C=O) groups excluding carboxylic acids is 10. The molecule has 784 valence electrons. The predicted molar refractivity (Wildman–Crippen MR) is 576 cm³/mol. The topological polar surface area (TPSA) is 361 Å². The molecular weight excluding hydrogens is 1900 g/mol. The largest absolute Gasteiger partial charge is 0.394 e. The Morgan fingerprint density at radius 3 is 1.12 bits per heavy atom. The van der Waals surface area contributed by atoms with E-state index in [2.05, 4.69) is 62.5 Å². The van der Waals surface area contributed by atoms with E-state index in [0.717, 1.165) is 116 Å². The summed E-state index contributed by atoms with van der Waals surface area (Å²) in [5.41, 5.74) is 14.7. The van der Waals surface area contributed by atoms with Crippen LogP contribution in [0.4, 0.5) is 21.5 Å². The fraction of sp³-hybridized carbons (Fsp3) is 0.373. The maximum absolute atomic E-state index is 14.6. The number of anilines is 3. The highest BCUT2D eigenvalue weighted by Crippen LogP contribution is 2.37. The molecule has 10 amide bonds. The van der Waals surface area contributed by atoms with Gasteiger partial charge < -0.3 is 70.0 Å². The molecule has 6 N–H and O–H groups in total. The average Bonchev–Trinajstić information content (AvgIpc) is 1.42. The van der Waals surface area contributed by atoms with E-state index in [9.17, 15) is 67.7 Å². The molecule has 31 nitrogen and oxygen atoms in total. The molecular formula is C118H137FN18O13. The SMILES string of the molecule is CCCCN(CCCC)C(=O)c1cc(C)n(-c2ccc(NC(=O)CN3CC(c4ccccc4)CC3=O)cc2C(=O)N2Cc3ccccc3C[C@H]2CO)n1.CCCCN(CCCC)C(=O)c1cc(C)n(-c2ccc(NC(=O)Cc3ccccc3F)cc2C(=O)N2Cc3ccccc3C[C@H]2CO)n1.CCCCN(CCCC)C(=O)c1cc(C)n(-c2ccc(NC(=O)c3cn4ccccc4n3)cc2C(=O)N2Cc3ccccc3C[C@H]2CO)n1. The van der Waals surface area contributed by atoms with E-state index in [4.69, 9.17) is 15.3 Å². The number of halogens is 1. The molecule has 0 aliphatic carbocycles. The molecule has 9 heterocycles. The van der Waals surface area contributed by atoms with Gasteiger partial charge in [0.15, 0.2) is 17.1 Å². The van der Waals surface area contributed by atoms with E-state index in [1.807, 2.05) is 163 Å². The molecule has 4 aliphatic rings. The Bertz CT molecular complexity index is 6930. The summed E-state index contributed by atoms with van der Waals surface area (Å²) in [5.74, 6) is -3.20. The highest BCUT2D eigenvalue weighted by molar-refractivity contribution is 6.07. The Balaban J connectivity index is 0.000000168. The van der Waals surface area contributed by atoms with E-state index >= 15 is 0 Å². The third kappa shape index (κ3) is 26.1. The summed E-state index contributed by atoms with van der Waals surface area (Å²) in [4.78, 5) is 154. The number of nitrogens with one attached hydrogen (secondary N) is 3. The number of amides is 10. The summed E-state index contributed by atoms with van der Waals surface area (Å²) in [7, 11) is 0. The number of imidazole rings is 1. The first-order valence-electron chi connectivity index (χ1n) is 52.6. The molecule has 4 aliphatic heterocycles. The van der Waals surface area contributed by atoms with Crippen molar-refractivity contribution in [3.8, 4) is 17.1 Å². The number of likely N-dealkylation sites (tertiary alicyclic amines) is 1. The Morgan fingerprint density at radius 1 is 0.393 bits per heavy atom. The second-order valence-corrected chi connectivity index (χ2v) is 39.2. The molecule has 0 bridgehead atoms. The van der Waals surface area contributed by atoms with Crippen molar-refractivity contribution in [3.05, 3.63) is 338 Å². The number of pyridine rings is 1. The molecule has 0 radical (unpaired) electrons. The lowest BCUT2D eigenvalue weighted by Gasteiger charge is -2.36. The normalized spacial score (nSPS) is 15.0. The molecule has 0 saturated carbocycles. The van der Waals surface area contributed by atoms with Gasteiger partial charge in [-0.3, -0.25) is 47.9 Å². The van der Waals surface area contributed by atoms with Crippen LogP contribution < -0.4 is 16.0 Å². The van der Waals surface area contributed by atoms with Crippen LogP contribution in [0.15, 0.2) is 231 Å². The molecule has 1 unspecified atom stereocenters. The second-order valence-electron chi connectivity index (χ2n) is 39.2. The van der Waals surface area contributed by atoms with E-state index in [-0.39, 0.29) is 114 Å². The van der Waals surface area contributed by atoms with E-state index in [1.165, 1.54) is 6.07 Å². The zero-order chi connectivity index (χ0) is 106. The molecule has 5 aromatic heterocycles. The lowest BCUT2D eigenvalue weighted by Crippen LogP contribution is -2.46. The van der Waals surface area contributed by atoms with Gasteiger partial charge in [0.25, 0.3) is 41.4 Å². The zero-order valence-corrected chi connectivity index (χ0v) is 87.2. The fourth-order valence-electron chi connectivity index (χ4n) is 19.8. The van der Waals surface area contributed by atoms with Crippen molar-refractivity contribution in [2.24, 2.45) is 0 Å². The Hall–Kier alpha value is -15.4. The number of hydrogen-bond acceptors (Lipinski definition) is 17. The number of benzene rings is 8. The van der Waals surface area contributed by atoms with Crippen molar-refractivity contribution >= 4 is 81.8 Å². The molecule has 1 saturated heterocycles. The highest BCUT2D eigenvalue weighted by atomic mass is 19.1. The maximum Gasteiger partial charge on any atom is 0.275 e. The third-order valence-electron chi connectivity index (χ3n) is 28.3. The van der Waals surface area contributed by atoms with Crippen molar-refractivity contribution in [1.29, 1.82) is 0 Å². The standard InChI is InChI=1S/C42H50N6O5.C38H44FN5O4.C38H43N7O4/c1-4-6-19-45(20-7-5-2)42(53)37-21-29(3)48(44-37)38-18-17-34(43-39(50)27-46-25-33(23-40(46)51)30-13-9-8-10-14-30)24-36(38)41(52)47-26-32-16-12-11-15-31(32)22-35(47)28-49;1-4-6-18-42(19-7-5-2)38(48)34-20-26(3)44(41-34)35-17-16-30(40-36(46)22-28-13-10-11-15-33(28)39)23-32(35)37(47)43-24-29-14-9-8-12-27(29)21-31(43)25-45;1-4-6-17-42(18-7-5-2)38(49)32-20-26(3)45(41-32)34-16-15-29(39-36(47)33-24-43-19-11-10-14-35(43)40-33)22-31(34)37(48)44-23-28-13-9-8-12-27(28)21-30(44)25-46/h8-18,21,24,33,35,49H,4-7,19-20,22-23,25-28H2,1-3H3,(H,43,50);8-17,20,23,31,45H,4-7,18-19,21-22,24-25H2,1-3H3,(H,40,46);8-16,19-20,22,24,30,46H,4-7,17-18,21,23,25H2,1-3H3,(H,39,47)/t33?,35-;31-;30-/m000/s1. The quantitative estimate of drug-likeness (QED) is 0.0208. The average molecular weight is 2030 g/mol. The lowest BCUT2D eigenvalue weighted by molar-refractivity contribution is -0.131. The molecule has 0 spiro atoms. The number of hydrogen-bond donors (Lipinski definition) is 6. The molecule has 32 heteroatoms. The Labute approximate surface area is 875 Å². The first kappa shape index (κ1) is 109. The minimum Gasteiger partial charge on any atom is -0.394 e. The van der Waals surface area contributed by atoms with Gasteiger partial charge in [0.1, 0.15) is 17.2 Å².